The Morgan fingerprint density at radius 1 is 1.40 bits per heavy atom. The predicted molar refractivity (Wildman–Crippen MR) is 105 cm³/mol. The van der Waals surface area contributed by atoms with E-state index < -0.39 is 0 Å². The highest BCUT2D eigenvalue weighted by atomic mass is 32.2. The van der Waals surface area contributed by atoms with Gasteiger partial charge in [-0.2, -0.15) is 0 Å². The molecule has 25 heavy (non-hydrogen) atoms. The molecule has 3 aromatic rings. The average Bonchev–Trinajstić information content (AvgIpc) is 3.12. The van der Waals surface area contributed by atoms with Crippen molar-refractivity contribution in [3.8, 4) is 11.3 Å². The Hall–Kier alpha value is -1.37. The summed E-state index contributed by atoms with van der Waals surface area (Å²) in [6.45, 7) is 6.10. The third-order valence-corrected chi connectivity index (χ3v) is 6.06. The van der Waals surface area contributed by atoms with Crippen LogP contribution in [0.5, 0.6) is 0 Å². The number of hydrogen-bond acceptors (Lipinski definition) is 4. The quantitative estimate of drug-likeness (QED) is 0.556. The van der Waals surface area contributed by atoms with Crippen molar-refractivity contribution in [2.24, 2.45) is 5.92 Å². The Morgan fingerprint density at radius 3 is 2.92 bits per heavy atom. The highest BCUT2D eigenvalue weighted by molar-refractivity contribution is 7.98. The monoisotopic (exact) mass is 375 g/mol. The van der Waals surface area contributed by atoms with Crippen molar-refractivity contribution in [1.82, 2.24) is 14.3 Å². The standard InChI is InChI=1S/C19H22FN3S2/c1-12(2)8-23-9-13(7-22-25-14-3-4-14)15-5-17(20)16(6-19(15)23)18-10-24-11-21-18/h5-6,9-12,14,22H,3-4,7-8H2,1-2H3. The van der Waals surface area contributed by atoms with Crippen LogP contribution in [-0.4, -0.2) is 14.8 Å². The van der Waals surface area contributed by atoms with Gasteiger partial charge >= 0.3 is 0 Å². The molecule has 1 aliphatic rings. The number of nitrogens with one attached hydrogen (secondary N) is 1. The summed E-state index contributed by atoms with van der Waals surface area (Å²) < 4.78 is 20.4. The second-order valence-corrected chi connectivity index (χ2v) is 8.97. The van der Waals surface area contributed by atoms with E-state index in [-0.39, 0.29) is 5.82 Å². The molecule has 0 atom stereocenters. The fraction of sp³-hybridized carbons (Fsp3) is 0.421. The van der Waals surface area contributed by atoms with Crippen molar-refractivity contribution in [3.05, 3.63) is 40.6 Å². The molecule has 2 heterocycles. The second-order valence-electron chi connectivity index (χ2n) is 7.06. The maximum atomic E-state index is 14.7. The third kappa shape index (κ3) is 3.76. The second kappa shape index (κ2) is 7.09. The van der Waals surface area contributed by atoms with Gasteiger partial charge in [0, 0.05) is 46.4 Å². The van der Waals surface area contributed by atoms with Gasteiger partial charge in [-0.05, 0) is 36.5 Å². The van der Waals surface area contributed by atoms with Crippen LogP contribution in [0.4, 0.5) is 4.39 Å². The molecule has 1 N–H and O–H groups in total. The number of hydrogen-bond donors (Lipinski definition) is 1. The Morgan fingerprint density at radius 2 is 2.24 bits per heavy atom. The van der Waals surface area contributed by atoms with Gasteiger partial charge in [0.2, 0.25) is 0 Å². The lowest BCUT2D eigenvalue weighted by Crippen LogP contribution is -2.05. The topological polar surface area (TPSA) is 29.9 Å². The summed E-state index contributed by atoms with van der Waals surface area (Å²) in [5.74, 6) is 0.335. The van der Waals surface area contributed by atoms with Gasteiger partial charge in [0.05, 0.1) is 11.2 Å². The fourth-order valence-electron chi connectivity index (χ4n) is 3.03. The lowest BCUT2D eigenvalue weighted by Gasteiger charge is -2.09. The van der Waals surface area contributed by atoms with Crippen LogP contribution in [-0.2, 0) is 13.1 Å². The first-order valence-electron chi connectivity index (χ1n) is 8.70. The zero-order valence-corrected chi connectivity index (χ0v) is 16.1. The van der Waals surface area contributed by atoms with Crippen LogP contribution in [0.2, 0.25) is 0 Å². The number of fused-ring (bicyclic) bond motifs is 1. The van der Waals surface area contributed by atoms with Gasteiger partial charge in [-0.1, -0.05) is 25.8 Å². The molecule has 1 aliphatic carbocycles. The third-order valence-electron chi connectivity index (χ3n) is 4.36. The molecule has 6 heteroatoms. The summed E-state index contributed by atoms with van der Waals surface area (Å²) in [6, 6.07) is 3.64. The van der Waals surface area contributed by atoms with E-state index in [0.717, 1.165) is 34.8 Å². The summed E-state index contributed by atoms with van der Waals surface area (Å²) in [7, 11) is 0. The van der Waals surface area contributed by atoms with Crippen molar-refractivity contribution >= 4 is 34.2 Å². The van der Waals surface area contributed by atoms with E-state index in [4.69, 9.17) is 0 Å². The minimum absolute atomic E-state index is 0.197. The van der Waals surface area contributed by atoms with Gasteiger partial charge in [-0.3, -0.25) is 4.72 Å². The van der Waals surface area contributed by atoms with Crippen LogP contribution < -0.4 is 4.72 Å². The van der Waals surface area contributed by atoms with Gasteiger partial charge in [-0.15, -0.1) is 11.3 Å². The van der Waals surface area contributed by atoms with E-state index in [1.807, 2.05) is 23.4 Å². The maximum absolute atomic E-state index is 14.7. The van der Waals surface area contributed by atoms with E-state index >= 15 is 0 Å². The summed E-state index contributed by atoms with van der Waals surface area (Å²) in [4.78, 5) is 4.28. The van der Waals surface area contributed by atoms with Crippen LogP contribution in [0.15, 0.2) is 29.2 Å². The van der Waals surface area contributed by atoms with E-state index in [9.17, 15) is 4.39 Å². The van der Waals surface area contributed by atoms with Gasteiger partial charge < -0.3 is 4.57 Å². The normalized spacial score (nSPS) is 14.7. The SMILES string of the molecule is CC(C)Cn1cc(CNSC2CC2)c2cc(F)c(-c3cscn3)cc21. The summed E-state index contributed by atoms with van der Waals surface area (Å²) >= 11 is 3.30. The molecular weight excluding hydrogens is 353 g/mol. The first-order valence-corrected chi connectivity index (χ1v) is 10.5. The molecule has 0 amide bonds. The molecule has 0 saturated heterocycles. The molecule has 4 rings (SSSR count). The first-order chi connectivity index (χ1) is 12.1. The van der Waals surface area contributed by atoms with Gasteiger partial charge in [-0.25, -0.2) is 9.37 Å². The Balaban J connectivity index is 1.73. The van der Waals surface area contributed by atoms with Crippen molar-refractivity contribution in [2.45, 2.75) is 45.0 Å². The summed E-state index contributed by atoms with van der Waals surface area (Å²) in [5, 5.41) is 3.66. The van der Waals surface area contributed by atoms with Gasteiger partial charge in [0.15, 0.2) is 0 Å². The summed E-state index contributed by atoms with van der Waals surface area (Å²) in [6.07, 6.45) is 4.78. The minimum atomic E-state index is -0.197. The lowest BCUT2D eigenvalue weighted by molar-refractivity contribution is 0.534. The van der Waals surface area contributed by atoms with E-state index in [1.165, 1.54) is 24.2 Å². The number of nitrogens with zero attached hydrogens (tertiary/aromatic N) is 2. The molecule has 1 saturated carbocycles. The average molecular weight is 376 g/mol. The highest BCUT2D eigenvalue weighted by Crippen LogP contribution is 2.34. The Bertz CT molecular complexity index is 867. The van der Waals surface area contributed by atoms with Crippen LogP contribution >= 0.6 is 23.3 Å². The number of aromatic nitrogens is 2. The molecule has 132 valence electrons. The Kier molecular flexibility index (Phi) is 4.84. The smallest absolute Gasteiger partial charge is 0.133 e. The van der Waals surface area contributed by atoms with Crippen molar-refractivity contribution in [2.75, 3.05) is 0 Å². The minimum Gasteiger partial charge on any atom is -0.347 e. The zero-order valence-electron chi connectivity index (χ0n) is 14.5. The molecule has 1 fully saturated rings. The lowest BCUT2D eigenvalue weighted by atomic mass is 10.1. The Labute approximate surface area is 155 Å². The first kappa shape index (κ1) is 17.1. The number of halogens is 1. The number of benzene rings is 1. The van der Waals surface area contributed by atoms with Crippen LogP contribution in [0.3, 0.4) is 0 Å². The van der Waals surface area contributed by atoms with Gasteiger partial charge in [0.1, 0.15) is 5.82 Å². The van der Waals surface area contributed by atoms with Crippen molar-refractivity contribution in [3.63, 3.8) is 0 Å². The molecular formula is C19H22FN3S2. The molecule has 2 aromatic heterocycles. The highest BCUT2D eigenvalue weighted by Gasteiger charge is 2.22. The molecule has 1 aromatic carbocycles. The molecule has 0 bridgehead atoms. The van der Waals surface area contributed by atoms with E-state index in [1.54, 1.807) is 11.6 Å². The number of thiazole rings is 1. The maximum Gasteiger partial charge on any atom is 0.133 e. The van der Waals surface area contributed by atoms with Crippen LogP contribution in [0.1, 0.15) is 32.3 Å². The summed E-state index contributed by atoms with van der Waals surface area (Å²) in [5.41, 5.74) is 5.30. The largest absolute Gasteiger partial charge is 0.347 e. The van der Waals surface area contributed by atoms with Gasteiger partial charge in [0.25, 0.3) is 0 Å². The van der Waals surface area contributed by atoms with Crippen LogP contribution in [0, 0.1) is 11.7 Å². The predicted octanol–water partition coefficient (Wildman–Crippen LogP) is 5.46. The van der Waals surface area contributed by atoms with E-state index in [2.05, 4.69) is 34.3 Å². The van der Waals surface area contributed by atoms with Crippen molar-refractivity contribution < 1.29 is 4.39 Å². The number of rotatable bonds is 7. The molecule has 0 aliphatic heterocycles. The molecule has 0 spiro atoms. The van der Waals surface area contributed by atoms with E-state index in [0.29, 0.717) is 17.2 Å². The molecule has 0 unspecified atom stereocenters. The fourth-order valence-corrected chi connectivity index (χ4v) is 4.43. The molecule has 0 radical (unpaired) electrons. The van der Waals surface area contributed by atoms with Crippen molar-refractivity contribution in [1.29, 1.82) is 0 Å². The molecule has 3 nitrogen and oxygen atoms in total. The zero-order chi connectivity index (χ0) is 17.4. The van der Waals surface area contributed by atoms with Crippen LogP contribution in [0.25, 0.3) is 22.2 Å².